The van der Waals surface area contributed by atoms with Gasteiger partial charge < -0.3 is 15.3 Å². The highest BCUT2D eigenvalue weighted by molar-refractivity contribution is 7.97. The van der Waals surface area contributed by atoms with Gasteiger partial charge in [0.05, 0.1) is 0 Å². The topological polar surface area (TPSA) is 60.7 Å². The lowest BCUT2D eigenvalue weighted by Gasteiger charge is -2.19. The summed E-state index contributed by atoms with van der Waals surface area (Å²) < 4.78 is 0. The van der Waals surface area contributed by atoms with Gasteiger partial charge in [-0.15, -0.1) is 0 Å². The van der Waals surface area contributed by atoms with Gasteiger partial charge in [-0.3, -0.25) is 0 Å². The van der Waals surface area contributed by atoms with Crippen molar-refractivity contribution < 1.29 is 15.3 Å². The number of benzene rings is 3. The second-order valence-electron chi connectivity index (χ2n) is 7.53. The molecule has 4 heteroatoms. The molecular weight excluding hydrogens is 368 g/mol. The molecule has 3 nitrogen and oxygen atoms in total. The van der Waals surface area contributed by atoms with E-state index in [0.717, 1.165) is 33.4 Å². The van der Waals surface area contributed by atoms with Crippen molar-refractivity contribution in [3.8, 4) is 17.2 Å². The van der Waals surface area contributed by atoms with Crippen LogP contribution in [0.4, 0.5) is 0 Å². The molecular formula is C24H27O3S+. The fraction of sp³-hybridized carbons (Fsp3) is 0.250. The van der Waals surface area contributed by atoms with Crippen LogP contribution in [0.25, 0.3) is 0 Å². The third kappa shape index (κ3) is 3.57. The minimum Gasteiger partial charge on any atom is -0.508 e. The molecule has 3 aromatic carbocycles. The summed E-state index contributed by atoms with van der Waals surface area (Å²) in [4.78, 5) is 3.52. The predicted molar refractivity (Wildman–Crippen MR) is 115 cm³/mol. The smallest absolute Gasteiger partial charge is 0.172 e. The number of hydrogen-bond donors (Lipinski definition) is 3. The molecule has 0 saturated heterocycles. The van der Waals surface area contributed by atoms with Crippen LogP contribution in [0.5, 0.6) is 17.2 Å². The predicted octanol–water partition coefficient (Wildman–Crippen LogP) is 5.75. The van der Waals surface area contributed by atoms with Crippen LogP contribution >= 0.6 is 0 Å². The Kier molecular flexibility index (Phi) is 5.35. The summed E-state index contributed by atoms with van der Waals surface area (Å²) in [5.41, 5.74) is 6.16. The zero-order valence-electron chi connectivity index (χ0n) is 17.2. The van der Waals surface area contributed by atoms with Gasteiger partial charge in [0, 0.05) is 33.4 Å². The maximum Gasteiger partial charge on any atom is 0.172 e. The Hall–Kier alpha value is -2.59. The van der Waals surface area contributed by atoms with Crippen molar-refractivity contribution in [1.29, 1.82) is 0 Å². The lowest BCUT2D eigenvalue weighted by Crippen LogP contribution is -2.14. The second kappa shape index (κ2) is 7.44. The average molecular weight is 396 g/mol. The summed E-state index contributed by atoms with van der Waals surface area (Å²) >= 11 is 0. The lowest BCUT2D eigenvalue weighted by atomic mass is 10.1. The van der Waals surface area contributed by atoms with Gasteiger partial charge in [0.25, 0.3) is 0 Å². The number of aromatic hydroxyl groups is 3. The van der Waals surface area contributed by atoms with Crippen molar-refractivity contribution in [2.75, 3.05) is 0 Å². The first kappa shape index (κ1) is 20.2. The highest BCUT2D eigenvalue weighted by atomic mass is 32.2. The Morgan fingerprint density at radius 3 is 0.786 bits per heavy atom. The van der Waals surface area contributed by atoms with Crippen LogP contribution < -0.4 is 0 Å². The maximum atomic E-state index is 10.1. The first-order valence-electron chi connectivity index (χ1n) is 9.25. The molecule has 0 aliphatic carbocycles. The molecule has 28 heavy (non-hydrogen) atoms. The highest BCUT2D eigenvalue weighted by Gasteiger charge is 2.38. The minimum atomic E-state index is -0.442. The largest absolute Gasteiger partial charge is 0.508 e. The van der Waals surface area contributed by atoms with Gasteiger partial charge in [-0.05, 0) is 77.9 Å². The molecule has 0 aromatic heterocycles. The van der Waals surface area contributed by atoms with Crippen LogP contribution in [0.3, 0.4) is 0 Å². The Morgan fingerprint density at radius 1 is 0.429 bits per heavy atom. The van der Waals surface area contributed by atoms with E-state index >= 15 is 0 Å². The van der Waals surface area contributed by atoms with Crippen molar-refractivity contribution >= 4 is 10.9 Å². The molecule has 0 fully saturated rings. The molecule has 0 spiro atoms. The molecule has 0 atom stereocenters. The van der Waals surface area contributed by atoms with Crippen LogP contribution in [-0.2, 0) is 10.9 Å². The fourth-order valence-electron chi connectivity index (χ4n) is 4.05. The zero-order chi connectivity index (χ0) is 20.7. The van der Waals surface area contributed by atoms with E-state index in [1.807, 2.05) is 41.5 Å². The average Bonchev–Trinajstić information content (AvgIpc) is 2.51. The normalized spacial score (nSPS) is 11.2. The second-order valence-corrected chi connectivity index (χ2v) is 9.37. The molecule has 3 aromatic rings. The summed E-state index contributed by atoms with van der Waals surface area (Å²) in [7, 11) is -0.442. The summed E-state index contributed by atoms with van der Waals surface area (Å²) in [6.45, 7) is 12.2. The first-order chi connectivity index (χ1) is 13.1. The van der Waals surface area contributed by atoms with Gasteiger partial charge in [0.15, 0.2) is 14.7 Å². The molecule has 0 amide bonds. The van der Waals surface area contributed by atoms with Gasteiger partial charge >= 0.3 is 0 Å². The highest BCUT2D eigenvalue weighted by Crippen LogP contribution is 2.43. The Morgan fingerprint density at radius 2 is 0.607 bits per heavy atom. The van der Waals surface area contributed by atoms with Gasteiger partial charge in [-0.2, -0.15) is 0 Å². The number of aryl methyl sites for hydroxylation is 6. The minimum absolute atomic E-state index is 0.264. The quantitative estimate of drug-likeness (QED) is 0.495. The van der Waals surface area contributed by atoms with E-state index in [1.54, 1.807) is 36.4 Å². The summed E-state index contributed by atoms with van der Waals surface area (Å²) in [5, 5.41) is 30.2. The van der Waals surface area contributed by atoms with Crippen molar-refractivity contribution in [3.63, 3.8) is 0 Å². The van der Waals surface area contributed by atoms with Crippen molar-refractivity contribution in [2.45, 2.75) is 56.2 Å². The number of phenols is 3. The molecule has 0 unspecified atom stereocenters. The van der Waals surface area contributed by atoms with E-state index in [2.05, 4.69) is 0 Å². The molecule has 3 rings (SSSR count). The molecule has 0 radical (unpaired) electrons. The summed E-state index contributed by atoms with van der Waals surface area (Å²) in [5.74, 6) is 0.793. The SMILES string of the molecule is Cc1cc(O)cc(C)c1[S+](c1c(C)cc(O)cc1C)c1c(C)cc(O)cc1C. The van der Waals surface area contributed by atoms with Gasteiger partial charge in [0.1, 0.15) is 28.1 Å². The van der Waals surface area contributed by atoms with E-state index in [-0.39, 0.29) is 17.2 Å². The molecule has 146 valence electrons. The molecule has 0 heterocycles. The van der Waals surface area contributed by atoms with Crippen LogP contribution in [0, 0.1) is 41.5 Å². The van der Waals surface area contributed by atoms with Crippen molar-refractivity contribution in [2.24, 2.45) is 0 Å². The number of hydrogen-bond acceptors (Lipinski definition) is 3. The Labute approximate surface area is 169 Å². The number of rotatable bonds is 3. The summed E-state index contributed by atoms with van der Waals surface area (Å²) in [6.07, 6.45) is 0. The van der Waals surface area contributed by atoms with E-state index < -0.39 is 10.9 Å². The maximum absolute atomic E-state index is 10.1. The van der Waals surface area contributed by atoms with Crippen LogP contribution in [0.15, 0.2) is 51.1 Å². The zero-order valence-corrected chi connectivity index (χ0v) is 18.0. The van der Waals surface area contributed by atoms with E-state index in [4.69, 9.17) is 0 Å². The van der Waals surface area contributed by atoms with Gasteiger partial charge in [0.2, 0.25) is 0 Å². The molecule has 3 N–H and O–H groups in total. The Balaban J connectivity index is 2.45. The third-order valence-electron chi connectivity index (χ3n) is 4.95. The first-order valence-corrected chi connectivity index (χ1v) is 10.5. The van der Waals surface area contributed by atoms with Crippen LogP contribution in [-0.4, -0.2) is 15.3 Å². The lowest BCUT2D eigenvalue weighted by molar-refractivity contribution is 0.473. The van der Waals surface area contributed by atoms with Crippen LogP contribution in [0.2, 0.25) is 0 Å². The van der Waals surface area contributed by atoms with E-state index in [0.29, 0.717) is 0 Å². The fourth-order valence-corrected chi connectivity index (χ4v) is 6.95. The molecule has 0 bridgehead atoms. The van der Waals surface area contributed by atoms with E-state index in [1.165, 1.54) is 14.7 Å². The number of phenolic OH excluding ortho intramolecular Hbond substituents is 3. The van der Waals surface area contributed by atoms with Crippen LogP contribution in [0.1, 0.15) is 33.4 Å². The van der Waals surface area contributed by atoms with Crippen molar-refractivity contribution in [3.05, 3.63) is 69.8 Å². The van der Waals surface area contributed by atoms with E-state index in [9.17, 15) is 15.3 Å². The Bertz CT molecular complexity index is 864. The van der Waals surface area contributed by atoms with Gasteiger partial charge in [-0.25, -0.2) is 0 Å². The summed E-state index contributed by atoms with van der Waals surface area (Å²) in [6, 6.07) is 10.8. The monoisotopic (exact) mass is 395 g/mol. The third-order valence-corrected chi connectivity index (χ3v) is 8.10. The molecule has 0 saturated carbocycles. The molecule has 0 aliphatic heterocycles. The van der Waals surface area contributed by atoms with Crippen molar-refractivity contribution in [1.82, 2.24) is 0 Å². The molecule has 0 aliphatic rings. The standard InChI is InChI=1S/C24H26O3S/c1-13-7-19(25)8-14(2)22(13)28(23-15(3)9-20(26)10-16(23)4)24-17(5)11-21(27)12-18(24)6/h7-12H,1-6H3,(H2-,25,26,27)/p+1. The van der Waals surface area contributed by atoms with Gasteiger partial charge in [-0.1, -0.05) is 0 Å².